The summed E-state index contributed by atoms with van der Waals surface area (Å²) in [7, 11) is 0. The van der Waals surface area contributed by atoms with Gasteiger partial charge >= 0.3 is 6.09 Å². The van der Waals surface area contributed by atoms with Crippen LogP contribution in [0.15, 0.2) is 12.1 Å². The van der Waals surface area contributed by atoms with Gasteiger partial charge in [0, 0.05) is 6.54 Å². The number of likely N-dealkylation sites (tertiary alicyclic amines) is 1. The lowest BCUT2D eigenvalue weighted by Crippen LogP contribution is -2.42. The molecule has 0 spiro atoms. The number of carbonyl (C=O) groups excluding carboxylic acids is 1. The number of anilines is 1. The fourth-order valence-electron chi connectivity index (χ4n) is 2.31. The summed E-state index contributed by atoms with van der Waals surface area (Å²) in [5.74, 6) is 0.383. The maximum atomic E-state index is 12.3. The molecule has 0 saturated carbocycles. The molecule has 1 aliphatic rings. The van der Waals surface area contributed by atoms with Crippen molar-refractivity contribution in [2.75, 3.05) is 12.3 Å². The van der Waals surface area contributed by atoms with Crippen LogP contribution in [-0.4, -0.2) is 33.3 Å². The van der Waals surface area contributed by atoms with Crippen LogP contribution in [-0.2, 0) is 4.74 Å². The Kier molecular flexibility index (Phi) is 4.11. The molecule has 1 saturated heterocycles. The van der Waals surface area contributed by atoms with E-state index >= 15 is 0 Å². The Morgan fingerprint density at radius 1 is 1.35 bits per heavy atom. The number of nitrogens with zero attached hydrogens (tertiary/aromatic N) is 3. The smallest absolute Gasteiger partial charge is 0.410 e. The van der Waals surface area contributed by atoms with Crippen LogP contribution in [0.3, 0.4) is 0 Å². The first-order valence-electron chi connectivity index (χ1n) is 6.95. The molecule has 1 aromatic heterocycles. The minimum absolute atomic E-state index is 0.0771. The maximum absolute atomic E-state index is 12.3. The zero-order chi connectivity index (χ0) is 14.8. The first-order chi connectivity index (χ1) is 9.37. The lowest BCUT2D eigenvalue weighted by atomic mass is 9.99. The van der Waals surface area contributed by atoms with Crippen molar-refractivity contribution in [3.8, 4) is 0 Å². The van der Waals surface area contributed by atoms with Gasteiger partial charge in [-0.25, -0.2) is 4.79 Å². The summed E-state index contributed by atoms with van der Waals surface area (Å²) in [6.07, 6.45) is 2.63. The van der Waals surface area contributed by atoms with Crippen molar-refractivity contribution in [1.29, 1.82) is 0 Å². The van der Waals surface area contributed by atoms with E-state index in [1.165, 1.54) is 0 Å². The first-order valence-corrected chi connectivity index (χ1v) is 6.95. The van der Waals surface area contributed by atoms with Gasteiger partial charge < -0.3 is 10.5 Å². The second-order valence-electron chi connectivity index (χ2n) is 6.07. The summed E-state index contributed by atoms with van der Waals surface area (Å²) in [5, 5.41) is 7.98. The first kappa shape index (κ1) is 14.6. The Bertz CT molecular complexity index is 467. The standard InChI is InChI=1S/C14H22N4O2/c1-14(2,3)20-13(19)18-9-5-4-6-11(18)10-7-8-12(15)17-16-10/h7-8,11H,4-6,9H2,1-3H3,(H2,15,17). The molecule has 2 N–H and O–H groups in total. The van der Waals surface area contributed by atoms with Gasteiger partial charge in [-0.1, -0.05) is 0 Å². The van der Waals surface area contributed by atoms with Gasteiger partial charge in [-0.3, -0.25) is 4.90 Å². The lowest BCUT2D eigenvalue weighted by Gasteiger charge is -2.36. The van der Waals surface area contributed by atoms with Crippen molar-refractivity contribution >= 4 is 11.9 Å². The number of nitrogens with two attached hydrogens (primary N) is 1. The van der Waals surface area contributed by atoms with Crippen molar-refractivity contribution in [3.63, 3.8) is 0 Å². The molecule has 0 radical (unpaired) electrons. The Morgan fingerprint density at radius 3 is 2.70 bits per heavy atom. The average Bonchev–Trinajstić information content (AvgIpc) is 2.38. The molecule has 1 atom stereocenters. The topological polar surface area (TPSA) is 81.3 Å². The molecular weight excluding hydrogens is 256 g/mol. The molecule has 6 heteroatoms. The van der Waals surface area contributed by atoms with Crippen LogP contribution in [0.25, 0.3) is 0 Å². The largest absolute Gasteiger partial charge is 0.444 e. The summed E-state index contributed by atoms with van der Waals surface area (Å²) in [6.45, 7) is 6.29. The van der Waals surface area contributed by atoms with Gasteiger partial charge in [0.05, 0.1) is 11.7 Å². The van der Waals surface area contributed by atoms with E-state index in [4.69, 9.17) is 10.5 Å². The summed E-state index contributed by atoms with van der Waals surface area (Å²) in [6, 6.07) is 3.46. The molecule has 1 fully saturated rings. The van der Waals surface area contributed by atoms with Crippen LogP contribution in [0.1, 0.15) is 51.8 Å². The number of aromatic nitrogens is 2. The molecule has 0 aromatic carbocycles. The van der Waals surface area contributed by atoms with E-state index in [2.05, 4.69) is 10.2 Å². The van der Waals surface area contributed by atoms with Crippen molar-refractivity contribution in [2.45, 2.75) is 51.7 Å². The van der Waals surface area contributed by atoms with Crippen molar-refractivity contribution < 1.29 is 9.53 Å². The zero-order valence-corrected chi connectivity index (χ0v) is 12.3. The molecule has 110 valence electrons. The van der Waals surface area contributed by atoms with Gasteiger partial charge in [-0.05, 0) is 52.2 Å². The Hall–Kier alpha value is -1.85. The number of hydrogen-bond acceptors (Lipinski definition) is 5. The van der Waals surface area contributed by atoms with Gasteiger partial charge in [0.25, 0.3) is 0 Å². The molecule has 2 rings (SSSR count). The molecule has 1 amide bonds. The van der Waals surface area contributed by atoms with Crippen molar-refractivity contribution in [3.05, 3.63) is 17.8 Å². The number of piperidine rings is 1. The number of hydrogen-bond donors (Lipinski definition) is 1. The van der Waals surface area contributed by atoms with E-state index in [0.29, 0.717) is 12.4 Å². The quantitative estimate of drug-likeness (QED) is 0.853. The minimum atomic E-state index is -0.494. The third kappa shape index (κ3) is 3.59. The molecule has 1 aliphatic heterocycles. The molecule has 6 nitrogen and oxygen atoms in total. The van der Waals surface area contributed by atoms with Crippen LogP contribution in [0, 0.1) is 0 Å². The summed E-state index contributed by atoms with van der Waals surface area (Å²) in [5.41, 5.74) is 5.83. The zero-order valence-electron chi connectivity index (χ0n) is 12.3. The molecule has 1 unspecified atom stereocenters. The van der Waals surface area contributed by atoms with Crippen molar-refractivity contribution in [2.24, 2.45) is 0 Å². The summed E-state index contributed by atoms with van der Waals surface area (Å²) < 4.78 is 5.47. The van der Waals surface area contributed by atoms with Crippen molar-refractivity contribution in [1.82, 2.24) is 15.1 Å². The summed E-state index contributed by atoms with van der Waals surface area (Å²) in [4.78, 5) is 14.0. The normalized spacial score (nSPS) is 19.8. The third-order valence-electron chi connectivity index (χ3n) is 3.18. The van der Waals surface area contributed by atoms with Gasteiger partial charge in [-0.15, -0.1) is 5.10 Å². The lowest BCUT2D eigenvalue weighted by molar-refractivity contribution is 0.00892. The van der Waals surface area contributed by atoms with Crippen LogP contribution < -0.4 is 5.73 Å². The van der Waals surface area contributed by atoms with Crippen LogP contribution in [0.5, 0.6) is 0 Å². The number of ether oxygens (including phenoxy) is 1. The Labute approximate surface area is 119 Å². The SMILES string of the molecule is CC(C)(C)OC(=O)N1CCCCC1c1ccc(N)nn1. The number of amides is 1. The minimum Gasteiger partial charge on any atom is -0.444 e. The predicted molar refractivity (Wildman–Crippen MR) is 76.0 cm³/mol. The molecular formula is C14H22N4O2. The third-order valence-corrected chi connectivity index (χ3v) is 3.18. The van der Waals surface area contributed by atoms with Crippen LogP contribution >= 0.6 is 0 Å². The fraction of sp³-hybridized carbons (Fsp3) is 0.643. The highest BCUT2D eigenvalue weighted by Gasteiger charge is 2.32. The van der Waals surface area contributed by atoms with E-state index in [1.807, 2.05) is 26.8 Å². The van der Waals surface area contributed by atoms with Gasteiger partial charge in [0.2, 0.25) is 0 Å². The van der Waals surface area contributed by atoms with E-state index in [1.54, 1.807) is 11.0 Å². The molecule has 2 heterocycles. The van der Waals surface area contributed by atoms with Gasteiger partial charge in [0.1, 0.15) is 11.4 Å². The van der Waals surface area contributed by atoms with E-state index < -0.39 is 5.60 Å². The number of carbonyl (C=O) groups is 1. The second kappa shape index (κ2) is 5.64. The molecule has 0 aliphatic carbocycles. The second-order valence-corrected chi connectivity index (χ2v) is 6.07. The van der Waals surface area contributed by atoms with E-state index in [0.717, 1.165) is 25.0 Å². The summed E-state index contributed by atoms with van der Waals surface area (Å²) >= 11 is 0. The fourth-order valence-corrected chi connectivity index (χ4v) is 2.31. The Balaban J connectivity index is 2.16. The van der Waals surface area contributed by atoms with Gasteiger partial charge in [-0.2, -0.15) is 5.10 Å². The predicted octanol–water partition coefficient (Wildman–Crippen LogP) is 2.52. The Morgan fingerprint density at radius 2 is 2.10 bits per heavy atom. The highest BCUT2D eigenvalue weighted by atomic mass is 16.6. The average molecular weight is 278 g/mol. The molecule has 1 aromatic rings. The molecule has 0 bridgehead atoms. The highest BCUT2D eigenvalue weighted by molar-refractivity contribution is 5.69. The molecule has 20 heavy (non-hydrogen) atoms. The highest BCUT2D eigenvalue weighted by Crippen LogP contribution is 2.30. The van der Waals surface area contributed by atoms with Crippen LogP contribution in [0.2, 0.25) is 0 Å². The van der Waals surface area contributed by atoms with Crippen LogP contribution in [0.4, 0.5) is 10.6 Å². The van der Waals surface area contributed by atoms with E-state index in [-0.39, 0.29) is 12.1 Å². The monoisotopic (exact) mass is 278 g/mol. The number of rotatable bonds is 1. The van der Waals surface area contributed by atoms with E-state index in [9.17, 15) is 4.79 Å². The number of nitrogen functional groups attached to an aromatic ring is 1. The maximum Gasteiger partial charge on any atom is 0.410 e. The van der Waals surface area contributed by atoms with Gasteiger partial charge in [0.15, 0.2) is 0 Å².